The molecule has 1 aromatic rings. The quantitative estimate of drug-likeness (QED) is 0.438. The van der Waals surface area contributed by atoms with Crippen molar-refractivity contribution < 1.29 is 5.21 Å². The van der Waals surface area contributed by atoms with Crippen molar-refractivity contribution in [2.24, 2.45) is 5.16 Å². The minimum absolute atomic E-state index is 0.695. The third-order valence-electron chi connectivity index (χ3n) is 1.92. The Labute approximate surface area is 65.2 Å². The van der Waals surface area contributed by atoms with Gasteiger partial charge in [-0.1, -0.05) is 29.4 Å². The molecule has 1 radical (unpaired) electrons. The van der Waals surface area contributed by atoms with Crippen LogP contribution in [0.1, 0.15) is 11.1 Å². The number of hydrogen-bond donors (Lipinski definition) is 1. The van der Waals surface area contributed by atoms with Crippen molar-refractivity contribution in [3.8, 4) is 0 Å². The van der Waals surface area contributed by atoms with E-state index in [4.69, 9.17) is 5.21 Å². The second-order valence-corrected chi connectivity index (χ2v) is 2.55. The molecule has 2 nitrogen and oxygen atoms in total. The van der Waals surface area contributed by atoms with Gasteiger partial charge in [-0.05, 0) is 12.0 Å². The van der Waals surface area contributed by atoms with E-state index in [-0.39, 0.29) is 0 Å². The predicted octanol–water partition coefficient (Wildman–Crippen LogP) is 1.63. The highest BCUT2D eigenvalue weighted by atomic mass is 16.4. The molecule has 11 heavy (non-hydrogen) atoms. The van der Waals surface area contributed by atoms with E-state index in [0.717, 1.165) is 12.0 Å². The van der Waals surface area contributed by atoms with E-state index in [2.05, 4.69) is 5.16 Å². The Morgan fingerprint density at radius 2 is 2.09 bits per heavy atom. The lowest BCUT2D eigenvalue weighted by atomic mass is 10.1. The average Bonchev–Trinajstić information content (AvgIpc) is 2.47. The van der Waals surface area contributed by atoms with Crippen molar-refractivity contribution in [2.45, 2.75) is 6.42 Å². The molecule has 0 heterocycles. The van der Waals surface area contributed by atoms with Crippen LogP contribution >= 0.6 is 0 Å². The molecule has 0 aliphatic heterocycles. The number of oxime groups is 1. The second-order valence-electron chi connectivity index (χ2n) is 2.55. The normalized spacial score (nSPS) is 18.7. The Bertz CT molecular complexity index is 304. The number of benzene rings is 1. The number of rotatable bonds is 0. The zero-order valence-electron chi connectivity index (χ0n) is 5.99. The lowest BCUT2D eigenvalue weighted by Gasteiger charge is -1.94. The molecular formula is C9H8NO. The third kappa shape index (κ3) is 0.909. The highest BCUT2D eigenvalue weighted by Gasteiger charge is 2.16. The zero-order chi connectivity index (χ0) is 7.68. The van der Waals surface area contributed by atoms with Gasteiger partial charge in [-0.25, -0.2) is 0 Å². The van der Waals surface area contributed by atoms with Crippen LogP contribution in [0.4, 0.5) is 0 Å². The predicted molar refractivity (Wildman–Crippen MR) is 42.8 cm³/mol. The molecule has 0 saturated heterocycles. The average molecular weight is 146 g/mol. The molecule has 2 heteroatoms. The maximum atomic E-state index is 8.57. The molecule has 0 atom stereocenters. The van der Waals surface area contributed by atoms with Gasteiger partial charge in [0.1, 0.15) is 0 Å². The van der Waals surface area contributed by atoms with Crippen LogP contribution in [0, 0.1) is 6.42 Å². The monoisotopic (exact) mass is 146 g/mol. The summed E-state index contributed by atoms with van der Waals surface area (Å²) in [4.78, 5) is 0. The molecule has 0 unspecified atom stereocenters. The SMILES string of the molecule is O/N=C1/[CH]Cc2ccccc21. The van der Waals surface area contributed by atoms with E-state index >= 15 is 0 Å². The fraction of sp³-hybridized carbons (Fsp3) is 0.111. The Balaban J connectivity index is 2.55. The molecule has 0 amide bonds. The van der Waals surface area contributed by atoms with Crippen LogP contribution in [0.2, 0.25) is 0 Å². The fourth-order valence-electron chi connectivity index (χ4n) is 1.36. The van der Waals surface area contributed by atoms with Crippen LogP contribution in [0.15, 0.2) is 29.4 Å². The van der Waals surface area contributed by atoms with E-state index < -0.39 is 0 Å². The molecule has 1 aliphatic rings. The second kappa shape index (κ2) is 2.38. The molecule has 2 rings (SSSR count). The van der Waals surface area contributed by atoms with Gasteiger partial charge in [-0.15, -0.1) is 0 Å². The van der Waals surface area contributed by atoms with Gasteiger partial charge in [0.25, 0.3) is 0 Å². The smallest absolute Gasteiger partial charge is 0.0911 e. The van der Waals surface area contributed by atoms with Crippen molar-refractivity contribution in [3.05, 3.63) is 41.8 Å². The third-order valence-corrected chi connectivity index (χ3v) is 1.92. The molecule has 55 valence electrons. The van der Waals surface area contributed by atoms with Gasteiger partial charge in [-0.2, -0.15) is 0 Å². The molecule has 0 spiro atoms. The summed E-state index contributed by atoms with van der Waals surface area (Å²) >= 11 is 0. The molecule has 0 bridgehead atoms. The molecule has 1 aliphatic carbocycles. The van der Waals surface area contributed by atoms with Gasteiger partial charge in [0, 0.05) is 12.0 Å². The van der Waals surface area contributed by atoms with Crippen molar-refractivity contribution in [1.82, 2.24) is 0 Å². The standard InChI is InChI=1S/C9H8NO/c11-10-9-6-5-7-3-1-2-4-8(7)9/h1-4,6,11H,5H2/b10-9-. The molecule has 1 aromatic carbocycles. The number of nitrogens with zero attached hydrogens (tertiary/aromatic N) is 1. The summed E-state index contributed by atoms with van der Waals surface area (Å²) in [5, 5.41) is 11.8. The highest BCUT2D eigenvalue weighted by molar-refractivity contribution is 6.10. The van der Waals surface area contributed by atoms with Crippen LogP contribution in [0.5, 0.6) is 0 Å². The molecule has 0 aromatic heterocycles. The van der Waals surface area contributed by atoms with Crippen LogP contribution in [0.25, 0.3) is 0 Å². The van der Waals surface area contributed by atoms with Gasteiger partial charge in [0.05, 0.1) is 5.71 Å². The lowest BCUT2D eigenvalue weighted by Crippen LogP contribution is -1.93. The van der Waals surface area contributed by atoms with Crippen LogP contribution in [-0.4, -0.2) is 10.9 Å². The van der Waals surface area contributed by atoms with Gasteiger partial charge in [0.15, 0.2) is 0 Å². The first-order valence-corrected chi connectivity index (χ1v) is 3.55. The Morgan fingerprint density at radius 3 is 2.91 bits per heavy atom. The van der Waals surface area contributed by atoms with E-state index in [1.165, 1.54) is 5.56 Å². The lowest BCUT2D eigenvalue weighted by molar-refractivity contribution is 0.319. The van der Waals surface area contributed by atoms with Crippen LogP contribution < -0.4 is 0 Å². The Morgan fingerprint density at radius 1 is 1.27 bits per heavy atom. The van der Waals surface area contributed by atoms with Crippen molar-refractivity contribution in [3.63, 3.8) is 0 Å². The summed E-state index contributed by atoms with van der Waals surface area (Å²) in [5.41, 5.74) is 2.98. The van der Waals surface area contributed by atoms with E-state index in [1.807, 2.05) is 30.7 Å². The summed E-state index contributed by atoms with van der Waals surface area (Å²) in [6, 6.07) is 7.95. The first kappa shape index (κ1) is 6.40. The molecular weight excluding hydrogens is 138 g/mol. The maximum absolute atomic E-state index is 8.57. The molecule has 0 saturated carbocycles. The van der Waals surface area contributed by atoms with E-state index in [0.29, 0.717) is 5.71 Å². The number of fused-ring (bicyclic) bond motifs is 1. The molecule has 1 N–H and O–H groups in total. The fourth-order valence-corrected chi connectivity index (χ4v) is 1.36. The Hall–Kier alpha value is -1.31. The first-order chi connectivity index (χ1) is 5.42. The molecule has 0 fully saturated rings. The van der Waals surface area contributed by atoms with Crippen molar-refractivity contribution >= 4 is 5.71 Å². The summed E-state index contributed by atoms with van der Waals surface area (Å²) in [6.07, 6.45) is 2.81. The summed E-state index contributed by atoms with van der Waals surface area (Å²) in [6.45, 7) is 0. The van der Waals surface area contributed by atoms with Gasteiger partial charge in [0.2, 0.25) is 0 Å². The zero-order valence-corrected chi connectivity index (χ0v) is 5.99. The van der Waals surface area contributed by atoms with E-state index in [9.17, 15) is 0 Å². The topological polar surface area (TPSA) is 32.6 Å². The maximum Gasteiger partial charge on any atom is 0.0911 e. The summed E-state index contributed by atoms with van der Waals surface area (Å²) < 4.78 is 0. The van der Waals surface area contributed by atoms with E-state index in [1.54, 1.807) is 0 Å². The minimum Gasteiger partial charge on any atom is -0.411 e. The Kier molecular flexibility index (Phi) is 1.39. The minimum atomic E-state index is 0.695. The van der Waals surface area contributed by atoms with Crippen molar-refractivity contribution in [2.75, 3.05) is 0 Å². The van der Waals surface area contributed by atoms with Crippen LogP contribution in [0.3, 0.4) is 0 Å². The van der Waals surface area contributed by atoms with Gasteiger partial charge in [-0.3, -0.25) is 0 Å². The highest BCUT2D eigenvalue weighted by Crippen LogP contribution is 2.20. The first-order valence-electron chi connectivity index (χ1n) is 3.55. The van der Waals surface area contributed by atoms with Gasteiger partial charge >= 0.3 is 0 Å². The summed E-state index contributed by atoms with van der Waals surface area (Å²) in [7, 11) is 0. The van der Waals surface area contributed by atoms with Crippen LogP contribution in [-0.2, 0) is 6.42 Å². The largest absolute Gasteiger partial charge is 0.411 e. The van der Waals surface area contributed by atoms with Gasteiger partial charge < -0.3 is 5.21 Å². The summed E-state index contributed by atoms with van der Waals surface area (Å²) in [5.74, 6) is 0. The number of hydrogen-bond acceptors (Lipinski definition) is 2. The van der Waals surface area contributed by atoms with Crippen molar-refractivity contribution in [1.29, 1.82) is 0 Å².